The van der Waals surface area contributed by atoms with Crippen molar-refractivity contribution in [2.75, 3.05) is 10.7 Å². The van der Waals surface area contributed by atoms with Gasteiger partial charge in [-0.1, -0.05) is 36.4 Å². The Kier molecular flexibility index (Phi) is 6.79. The lowest BCUT2D eigenvalue weighted by Gasteiger charge is -2.32. The first kappa shape index (κ1) is 23.8. The van der Waals surface area contributed by atoms with Crippen molar-refractivity contribution < 1.29 is 29.7 Å². The first-order valence-electron chi connectivity index (χ1n) is 10.5. The Morgan fingerprint density at radius 2 is 1.22 bits per heavy atom. The van der Waals surface area contributed by atoms with Crippen LogP contribution >= 0.6 is 0 Å². The van der Waals surface area contributed by atoms with E-state index in [0.29, 0.717) is 0 Å². The summed E-state index contributed by atoms with van der Waals surface area (Å²) in [7, 11) is 0. The largest absolute Gasteiger partial charge is 0.478 e. The molecule has 0 saturated heterocycles. The SMILES string of the molecule is O=C(O)c1ccccc1N=C1C=C(Nc2ccccc2C(=O)O)NN(Nc2ccccc2C(=O)O)N1. The van der Waals surface area contributed by atoms with E-state index in [1.54, 1.807) is 48.5 Å². The third kappa shape index (κ3) is 5.40. The van der Waals surface area contributed by atoms with Crippen LogP contribution in [-0.4, -0.2) is 44.3 Å². The van der Waals surface area contributed by atoms with Crippen LogP contribution in [-0.2, 0) is 0 Å². The fourth-order valence-electron chi connectivity index (χ4n) is 3.33. The van der Waals surface area contributed by atoms with Gasteiger partial charge in [-0.25, -0.2) is 19.4 Å². The van der Waals surface area contributed by atoms with Crippen LogP contribution in [0.2, 0.25) is 0 Å². The van der Waals surface area contributed by atoms with Crippen molar-refractivity contribution in [2.45, 2.75) is 0 Å². The molecule has 0 unspecified atom stereocenters. The van der Waals surface area contributed by atoms with E-state index in [0.717, 1.165) is 0 Å². The molecular formula is C24H20N6O6. The molecule has 182 valence electrons. The van der Waals surface area contributed by atoms with Crippen LogP contribution in [0.1, 0.15) is 31.1 Å². The summed E-state index contributed by atoms with van der Waals surface area (Å²) in [6.07, 6.45) is 1.50. The van der Waals surface area contributed by atoms with Crippen molar-refractivity contribution >= 4 is 40.8 Å². The molecule has 12 heteroatoms. The molecule has 36 heavy (non-hydrogen) atoms. The number of carbonyl (C=O) groups is 3. The normalized spacial score (nSPS) is 14.2. The highest BCUT2D eigenvalue weighted by atomic mass is 16.4. The molecule has 12 nitrogen and oxygen atoms in total. The number of hydrazine groups is 3. The fraction of sp³-hybridized carbons (Fsp3) is 0. The standard InChI is InChI=1S/C24H20N6O6/c31-22(32)14-7-1-4-10-17(14)25-20-13-21(26-18-11-5-2-8-15(18)23(33)34)29-30(28-20)27-19-12-6-3-9-16(19)24(35)36/h1-13,25,27-28H,(H,26,29)(H,31,32)(H,33,34)(H,35,36). The van der Waals surface area contributed by atoms with Crippen LogP contribution < -0.4 is 21.6 Å². The van der Waals surface area contributed by atoms with Gasteiger partial charge in [-0.05, 0) is 41.6 Å². The van der Waals surface area contributed by atoms with Gasteiger partial charge in [0.2, 0.25) is 0 Å². The number of hydrogen-bond donors (Lipinski definition) is 7. The third-order valence-corrected chi connectivity index (χ3v) is 4.93. The minimum atomic E-state index is -1.16. The van der Waals surface area contributed by atoms with Gasteiger partial charge in [0, 0.05) is 6.08 Å². The highest BCUT2D eigenvalue weighted by molar-refractivity contribution is 6.00. The van der Waals surface area contributed by atoms with E-state index in [2.05, 4.69) is 26.6 Å². The van der Waals surface area contributed by atoms with Crippen molar-refractivity contribution in [3.63, 3.8) is 0 Å². The molecule has 0 amide bonds. The number of anilines is 2. The molecule has 7 N–H and O–H groups in total. The molecule has 0 aliphatic carbocycles. The minimum Gasteiger partial charge on any atom is -0.478 e. The van der Waals surface area contributed by atoms with Crippen LogP contribution in [0.4, 0.5) is 17.1 Å². The fourth-order valence-corrected chi connectivity index (χ4v) is 3.33. The number of carboxylic acid groups (broad SMARTS) is 3. The van der Waals surface area contributed by atoms with E-state index in [4.69, 9.17) is 0 Å². The van der Waals surface area contributed by atoms with Crippen molar-refractivity contribution in [2.24, 2.45) is 4.99 Å². The number of amidine groups is 1. The zero-order valence-corrected chi connectivity index (χ0v) is 18.5. The summed E-state index contributed by atoms with van der Waals surface area (Å²) >= 11 is 0. The van der Waals surface area contributed by atoms with E-state index in [-0.39, 0.29) is 45.4 Å². The number of rotatable bonds is 8. The topological polar surface area (TPSA) is 176 Å². The van der Waals surface area contributed by atoms with Crippen LogP contribution in [0.15, 0.2) is 89.7 Å². The van der Waals surface area contributed by atoms with Crippen molar-refractivity contribution in [1.29, 1.82) is 0 Å². The number of nitrogens with zero attached hydrogens (tertiary/aromatic N) is 2. The summed E-state index contributed by atoms with van der Waals surface area (Å²) in [6, 6.07) is 18.6. The summed E-state index contributed by atoms with van der Waals surface area (Å²) in [5, 5.41) is 32.7. The maximum atomic E-state index is 11.6. The summed E-state index contributed by atoms with van der Waals surface area (Å²) < 4.78 is 0. The van der Waals surface area contributed by atoms with E-state index >= 15 is 0 Å². The van der Waals surface area contributed by atoms with Crippen molar-refractivity contribution in [1.82, 2.24) is 16.1 Å². The highest BCUT2D eigenvalue weighted by Gasteiger charge is 2.20. The molecule has 3 aromatic carbocycles. The first-order valence-corrected chi connectivity index (χ1v) is 10.5. The van der Waals surface area contributed by atoms with Crippen LogP contribution in [0.25, 0.3) is 0 Å². The second kappa shape index (κ2) is 10.3. The van der Waals surface area contributed by atoms with Crippen molar-refractivity contribution in [3.8, 4) is 0 Å². The minimum absolute atomic E-state index is 0.00361. The third-order valence-electron chi connectivity index (χ3n) is 4.93. The van der Waals surface area contributed by atoms with E-state index in [1.165, 1.54) is 35.6 Å². The van der Waals surface area contributed by atoms with Gasteiger partial charge in [0.25, 0.3) is 0 Å². The van der Waals surface area contributed by atoms with Crippen molar-refractivity contribution in [3.05, 3.63) is 101 Å². The summed E-state index contributed by atoms with van der Waals surface area (Å²) in [6.45, 7) is 0. The Morgan fingerprint density at radius 3 is 1.86 bits per heavy atom. The molecule has 0 bridgehead atoms. The Hall–Kier alpha value is -5.36. The lowest BCUT2D eigenvalue weighted by atomic mass is 10.2. The number of hydrogen-bond acceptors (Lipinski definition) is 8. The second-order valence-corrected chi connectivity index (χ2v) is 7.37. The Morgan fingerprint density at radius 1 is 0.694 bits per heavy atom. The van der Waals surface area contributed by atoms with Gasteiger partial charge in [-0.2, -0.15) is 0 Å². The van der Waals surface area contributed by atoms with Crippen LogP contribution in [0.3, 0.4) is 0 Å². The number of carboxylic acids is 3. The van der Waals surface area contributed by atoms with Gasteiger partial charge in [-0.15, -0.1) is 0 Å². The number of benzene rings is 3. The summed E-state index contributed by atoms with van der Waals surface area (Å²) in [5.41, 5.74) is 9.34. The Bertz CT molecular complexity index is 1400. The van der Waals surface area contributed by atoms with Gasteiger partial charge in [0.05, 0.1) is 33.8 Å². The molecule has 0 aromatic heterocycles. The smallest absolute Gasteiger partial charge is 0.337 e. The molecule has 0 saturated carbocycles. The molecule has 0 atom stereocenters. The molecule has 0 spiro atoms. The molecule has 1 aliphatic heterocycles. The maximum absolute atomic E-state index is 11.6. The zero-order chi connectivity index (χ0) is 25.7. The quantitative estimate of drug-likeness (QED) is 0.248. The average Bonchev–Trinajstić information content (AvgIpc) is 2.84. The monoisotopic (exact) mass is 488 g/mol. The van der Waals surface area contributed by atoms with Gasteiger partial charge >= 0.3 is 17.9 Å². The number of nitrogens with one attached hydrogen (secondary N) is 4. The number of aromatic carboxylic acids is 3. The number of para-hydroxylation sites is 3. The van der Waals surface area contributed by atoms with Gasteiger partial charge in [-0.3, -0.25) is 16.3 Å². The zero-order valence-electron chi connectivity index (χ0n) is 18.5. The predicted molar refractivity (Wildman–Crippen MR) is 131 cm³/mol. The summed E-state index contributed by atoms with van der Waals surface area (Å²) in [4.78, 5) is 39.3. The average molecular weight is 488 g/mol. The molecule has 0 fully saturated rings. The van der Waals surface area contributed by atoms with Gasteiger partial charge in [0.15, 0.2) is 0 Å². The molecule has 1 aliphatic rings. The predicted octanol–water partition coefficient (Wildman–Crippen LogP) is 3.12. The molecule has 1 heterocycles. The molecular weight excluding hydrogens is 468 g/mol. The van der Waals surface area contributed by atoms with E-state index < -0.39 is 17.9 Å². The lowest BCUT2D eigenvalue weighted by molar-refractivity contribution is 0.0686. The van der Waals surface area contributed by atoms with E-state index in [9.17, 15) is 29.7 Å². The van der Waals surface area contributed by atoms with Crippen LogP contribution in [0, 0.1) is 0 Å². The van der Waals surface area contributed by atoms with Gasteiger partial charge < -0.3 is 20.6 Å². The number of aliphatic imine (C=N–C) groups is 1. The maximum Gasteiger partial charge on any atom is 0.337 e. The Balaban J connectivity index is 1.72. The summed E-state index contributed by atoms with van der Waals surface area (Å²) in [5.74, 6) is -3.02. The first-order chi connectivity index (χ1) is 17.3. The van der Waals surface area contributed by atoms with E-state index in [1.807, 2.05) is 0 Å². The van der Waals surface area contributed by atoms with Crippen LogP contribution in [0.5, 0.6) is 0 Å². The van der Waals surface area contributed by atoms with Gasteiger partial charge in [0.1, 0.15) is 11.7 Å². The lowest BCUT2D eigenvalue weighted by Crippen LogP contribution is -2.57. The molecule has 0 radical (unpaired) electrons. The second-order valence-electron chi connectivity index (χ2n) is 7.37. The highest BCUT2D eigenvalue weighted by Crippen LogP contribution is 2.22. The molecule has 3 aromatic rings. The molecule has 4 rings (SSSR count). The Labute approximate surface area is 204 Å².